The lowest BCUT2D eigenvalue weighted by Gasteiger charge is -2.17. The van der Waals surface area contributed by atoms with E-state index in [1.807, 2.05) is 49.3 Å². The van der Waals surface area contributed by atoms with Gasteiger partial charge in [0.05, 0.1) is 11.4 Å². The summed E-state index contributed by atoms with van der Waals surface area (Å²) in [6.45, 7) is 0. The van der Waals surface area contributed by atoms with Gasteiger partial charge in [-0.1, -0.05) is 29.8 Å². The van der Waals surface area contributed by atoms with Crippen LogP contribution in [0.25, 0.3) is 11.0 Å². The first-order chi connectivity index (χ1) is 10.5. The Morgan fingerprint density at radius 3 is 2.64 bits per heavy atom. The normalized spacial score (nSPS) is 10.7. The molecule has 3 rings (SSSR count). The summed E-state index contributed by atoms with van der Waals surface area (Å²) in [5, 5.41) is 4.31. The Balaban J connectivity index is 1.92. The minimum absolute atomic E-state index is 0.269. The molecular weight excluding hydrogens is 300 g/mol. The van der Waals surface area contributed by atoms with Crippen molar-refractivity contribution < 1.29 is 9.21 Å². The summed E-state index contributed by atoms with van der Waals surface area (Å²) >= 11 is 6.02. The molecule has 0 unspecified atom stereocenters. The largest absolute Gasteiger partial charge is 0.451 e. The van der Waals surface area contributed by atoms with Crippen LogP contribution in [0.4, 0.5) is 11.4 Å². The number of hydrogen-bond donors (Lipinski definition) is 1. The van der Waals surface area contributed by atoms with Gasteiger partial charge < -0.3 is 14.6 Å². The molecule has 0 aliphatic rings. The van der Waals surface area contributed by atoms with Crippen LogP contribution in [-0.4, -0.2) is 20.0 Å². The summed E-state index contributed by atoms with van der Waals surface area (Å²) in [7, 11) is 3.81. The molecule has 0 saturated heterocycles. The summed E-state index contributed by atoms with van der Waals surface area (Å²) < 4.78 is 5.57. The molecule has 1 amide bonds. The molecule has 0 aliphatic carbocycles. The quantitative estimate of drug-likeness (QED) is 0.779. The molecule has 22 heavy (non-hydrogen) atoms. The second-order valence-electron chi connectivity index (χ2n) is 5.16. The summed E-state index contributed by atoms with van der Waals surface area (Å²) in [6, 6.07) is 14.6. The smallest absolute Gasteiger partial charge is 0.291 e. The Labute approximate surface area is 133 Å². The summed E-state index contributed by atoms with van der Waals surface area (Å²) in [4.78, 5) is 14.3. The number of amides is 1. The van der Waals surface area contributed by atoms with Crippen LogP contribution < -0.4 is 10.2 Å². The van der Waals surface area contributed by atoms with E-state index >= 15 is 0 Å². The van der Waals surface area contributed by atoms with Gasteiger partial charge in [0.15, 0.2) is 5.76 Å². The molecule has 2 aromatic carbocycles. The zero-order chi connectivity index (χ0) is 15.7. The SMILES string of the molecule is CN(C)c1ccc(Cl)cc1NC(=O)c1cc2ccccc2o1. The van der Waals surface area contributed by atoms with Gasteiger partial charge >= 0.3 is 0 Å². The lowest BCUT2D eigenvalue weighted by Crippen LogP contribution is -2.16. The maximum Gasteiger partial charge on any atom is 0.291 e. The maximum atomic E-state index is 12.4. The van der Waals surface area contributed by atoms with Gasteiger partial charge in [-0.3, -0.25) is 4.79 Å². The van der Waals surface area contributed by atoms with Crippen LogP contribution in [0.5, 0.6) is 0 Å². The number of carbonyl (C=O) groups is 1. The van der Waals surface area contributed by atoms with Crippen molar-refractivity contribution in [3.8, 4) is 0 Å². The van der Waals surface area contributed by atoms with Crippen molar-refractivity contribution >= 4 is 39.9 Å². The number of nitrogens with zero attached hydrogens (tertiary/aromatic N) is 1. The van der Waals surface area contributed by atoms with Crippen LogP contribution in [0.1, 0.15) is 10.6 Å². The molecule has 3 aromatic rings. The highest BCUT2D eigenvalue weighted by atomic mass is 35.5. The van der Waals surface area contributed by atoms with Crippen LogP contribution in [0.15, 0.2) is 52.9 Å². The number of nitrogens with one attached hydrogen (secondary N) is 1. The molecule has 112 valence electrons. The Kier molecular flexibility index (Phi) is 3.77. The number of halogens is 1. The predicted octanol–water partition coefficient (Wildman–Crippen LogP) is 4.40. The zero-order valence-corrected chi connectivity index (χ0v) is 13.0. The molecule has 4 nitrogen and oxygen atoms in total. The third-order valence-corrected chi connectivity index (χ3v) is 3.57. The van der Waals surface area contributed by atoms with Crippen LogP contribution in [0.2, 0.25) is 5.02 Å². The first-order valence-electron chi connectivity index (χ1n) is 6.81. The summed E-state index contributed by atoms with van der Waals surface area (Å²) in [6.07, 6.45) is 0. The molecule has 1 N–H and O–H groups in total. The molecule has 0 aliphatic heterocycles. The lowest BCUT2D eigenvalue weighted by molar-refractivity contribution is 0.0999. The number of fused-ring (bicyclic) bond motifs is 1. The Hall–Kier alpha value is -2.46. The van der Waals surface area contributed by atoms with Crippen molar-refractivity contribution in [2.75, 3.05) is 24.3 Å². The Morgan fingerprint density at radius 1 is 1.14 bits per heavy atom. The predicted molar refractivity (Wildman–Crippen MR) is 89.9 cm³/mol. The number of para-hydroxylation sites is 1. The van der Waals surface area contributed by atoms with Crippen molar-refractivity contribution in [3.05, 3.63) is 59.3 Å². The van der Waals surface area contributed by atoms with E-state index in [1.54, 1.807) is 18.2 Å². The first kappa shape index (κ1) is 14.5. The first-order valence-corrected chi connectivity index (χ1v) is 7.19. The molecule has 0 fully saturated rings. The van der Waals surface area contributed by atoms with Gasteiger partial charge in [-0.05, 0) is 30.3 Å². The fraction of sp³-hybridized carbons (Fsp3) is 0.118. The van der Waals surface area contributed by atoms with Crippen LogP contribution in [0, 0.1) is 0 Å². The number of rotatable bonds is 3. The van der Waals surface area contributed by atoms with Crippen molar-refractivity contribution in [2.45, 2.75) is 0 Å². The second-order valence-corrected chi connectivity index (χ2v) is 5.59. The van der Waals surface area contributed by atoms with E-state index in [1.165, 1.54) is 0 Å². The molecule has 1 heterocycles. The molecule has 0 spiro atoms. The third kappa shape index (κ3) is 2.78. The lowest BCUT2D eigenvalue weighted by atomic mass is 10.2. The average Bonchev–Trinajstić information content (AvgIpc) is 2.91. The third-order valence-electron chi connectivity index (χ3n) is 3.34. The number of anilines is 2. The van der Waals surface area contributed by atoms with E-state index in [0.717, 1.165) is 11.1 Å². The van der Waals surface area contributed by atoms with E-state index in [2.05, 4.69) is 5.32 Å². The highest BCUT2D eigenvalue weighted by Gasteiger charge is 2.15. The maximum absolute atomic E-state index is 12.4. The van der Waals surface area contributed by atoms with Gasteiger partial charge in [-0.2, -0.15) is 0 Å². The number of hydrogen-bond acceptors (Lipinski definition) is 3. The second kappa shape index (κ2) is 5.73. The van der Waals surface area contributed by atoms with Gasteiger partial charge in [-0.25, -0.2) is 0 Å². The Morgan fingerprint density at radius 2 is 1.91 bits per heavy atom. The highest BCUT2D eigenvalue weighted by Crippen LogP contribution is 2.29. The number of benzene rings is 2. The van der Waals surface area contributed by atoms with Crippen molar-refractivity contribution in [3.63, 3.8) is 0 Å². The molecule has 0 radical (unpaired) electrons. The van der Waals surface area contributed by atoms with Gasteiger partial charge in [0.1, 0.15) is 5.58 Å². The van der Waals surface area contributed by atoms with E-state index in [0.29, 0.717) is 16.3 Å². The van der Waals surface area contributed by atoms with Crippen molar-refractivity contribution in [1.82, 2.24) is 0 Å². The van der Waals surface area contributed by atoms with Gasteiger partial charge in [0, 0.05) is 24.5 Å². The van der Waals surface area contributed by atoms with Gasteiger partial charge in [0.2, 0.25) is 0 Å². The van der Waals surface area contributed by atoms with E-state index in [-0.39, 0.29) is 11.7 Å². The molecule has 0 bridgehead atoms. The Bertz CT molecular complexity index is 807. The number of furan rings is 1. The zero-order valence-electron chi connectivity index (χ0n) is 12.3. The van der Waals surface area contributed by atoms with E-state index < -0.39 is 0 Å². The van der Waals surface area contributed by atoms with E-state index in [4.69, 9.17) is 16.0 Å². The molecular formula is C17H15ClN2O2. The fourth-order valence-electron chi connectivity index (χ4n) is 2.28. The van der Waals surface area contributed by atoms with Crippen LogP contribution in [0.3, 0.4) is 0 Å². The van der Waals surface area contributed by atoms with Gasteiger partial charge in [-0.15, -0.1) is 0 Å². The highest BCUT2D eigenvalue weighted by molar-refractivity contribution is 6.31. The summed E-state index contributed by atoms with van der Waals surface area (Å²) in [5.41, 5.74) is 2.20. The minimum atomic E-state index is -0.304. The molecule has 0 atom stereocenters. The molecule has 0 saturated carbocycles. The molecule has 5 heteroatoms. The molecule has 1 aromatic heterocycles. The summed E-state index contributed by atoms with van der Waals surface area (Å²) in [5.74, 6) is -0.0348. The standard InChI is InChI=1S/C17H15ClN2O2/c1-20(2)14-8-7-12(18)10-13(14)19-17(21)16-9-11-5-3-4-6-15(11)22-16/h3-10H,1-2H3,(H,19,21). The van der Waals surface area contributed by atoms with Crippen molar-refractivity contribution in [1.29, 1.82) is 0 Å². The minimum Gasteiger partial charge on any atom is -0.451 e. The van der Waals surface area contributed by atoms with E-state index in [9.17, 15) is 4.79 Å². The van der Waals surface area contributed by atoms with Crippen molar-refractivity contribution in [2.24, 2.45) is 0 Å². The van der Waals surface area contributed by atoms with Gasteiger partial charge in [0.25, 0.3) is 5.91 Å². The van der Waals surface area contributed by atoms with Crippen LogP contribution >= 0.6 is 11.6 Å². The number of carbonyl (C=O) groups excluding carboxylic acids is 1. The fourth-order valence-corrected chi connectivity index (χ4v) is 2.45. The average molecular weight is 315 g/mol. The topological polar surface area (TPSA) is 45.5 Å². The van der Waals surface area contributed by atoms with Crippen LogP contribution in [-0.2, 0) is 0 Å². The monoisotopic (exact) mass is 314 g/mol.